The number of imide groups is 2. The zero-order valence-electron chi connectivity index (χ0n) is 24.4. The van der Waals surface area contributed by atoms with Crippen LogP contribution in [0.2, 0.25) is 5.02 Å². The molecule has 5 rings (SSSR count). The van der Waals surface area contributed by atoms with Gasteiger partial charge >= 0.3 is 0 Å². The SMILES string of the molecule is Cc1ccc(NC(=O)C(C)(C)N/C=C(/C#CC2CN(c3ccc4c(c3)C(=O)N(C3CCC(=O)NC3=O)C4=O)C2)C=N)cc1Cl. The zero-order chi connectivity index (χ0) is 31.8. The maximum atomic E-state index is 13.1. The first-order chi connectivity index (χ1) is 20.9. The molecule has 2 aromatic rings. The fraction of sp³-hybridized carbons (Fsp3) is 0.312. The first-order valence-electron chi connectivity index (χ1n) is 14.1. The molecule has 3 aliphatic rings. The fourth-order valence-corrected chi connectivity index (χ4v) is 5.20. The molecule has 226 valence electrons. The second-order valence-corrected chi connectivity index (χ2v) is 11.9. The quantitative estimate of drug-likeness (QED) is 0.213. The van der Waals surface area contributed by atoms with E-state index in [-0.39, 0.29) is 35.8 Å². The number of fused-ring (bicyclic) bond motifs is 1. The van der Waals surface area contributed by atoms with Crippen LogP contribution in [0.1, 0.15) is 53.0 Å². The minimum absolute atomic E-state index is 0.00602. The Kier molecular flexibility index (Phi) is 8.30. The lowest BCUT2D eigenvalue weighted by Gasteiger charge is -2.38. The molecule has 3 aliphatic heterocycles. The molecule has 44 heavy (non-hydrogen) atoms. The van der Waals surface area contributed by atoms with E-state index in [1.165, 1.54) is 6.20 Å². The average molecular weight is 615 g/mol. The highest BCUT2D eigenvalue weighted by Gasteiger charge is 2.45. The van der Waals surface area contributed by atoms with E-state index in [1.807, 2.05) is 17.9 Å². The number of nitrogens with zero attached hydrogens (tertiary/aromatic N) is 2. The van der Waals surface area contributed by atoms with Crippen LogP contribution in [0.15, 0.2) is 48.2 Å². The van der Waals surface area contributed by atoms with Gasteiger partial charge in [-0.15, -0.1) is 0 Å². The van der Waals surface area contributed by atoms with E-state index in [2.05, 4.69) is 27.8 Å². The van der Waals surface area contributed by atoms with Gasteiger partial charge in [0.05, 0.1) is 22.6 Å². The molecule has 12 heteroatoms. The molecule has 3 heterocycles. The van der Waals surface area contributed by atoms with Crippen molar-refractivity contribution in [2.75, 3.05) is 23.3 Å². The predicted molar refractivity (Wildman–Crippen MR) is 165 cm³/mol. The number of allylic oxidation sites excluding steroid dienone is 1. The number of hydrogen-bond acceptors (Lipinski definition) is 8. The van der Waals surface area contributed by atoms with Gasteiger partial charge in [0.15, 0.2) is 0 Å². The van der Waals surface area contributed by atoms with Crippen LogP contribution in [0.4, 0.5) is 11.4 Å². The van der Waals surface area contributed by atoms with E-state index in [0.29, 0.717) is 29.4 Å². The lowest BCUT2D eigenvalue weighted by atomic mass is 9.98. The molecular formula is C32H31ClN6O5. The molecule has 1 unspecified atom stereocenters. The summed E-state index contributed by atoms with van der Waals surface area (Å²) in [6.07, 6.45) is 2.81. The van der Waals surface area contributed by atoms with E-state index in [1.54, 1.807) is 44.2 Å². The van der Waals surface area contributed by atoms with Crippen molar-refractivity contribution in [3.63, 3.8) is 0 Å². The number of benzene rings is 2. The fourth-order valence-electron chi connectivity index (χ4n) is 5.02. The van der Waals surface area contributed by atoms with Crippen LogP contribution in [0.5, 0.6) is 0 Å². The number of carbonyl (C=O) groups is 5. The van der Waals surface area contributed by atoms with Gasteiger partial charge in [-0.3, -0.25) is 34.2 Å². The number of anilines is 2. The van der Waals surface area contributed by atoms with E-state index >= 15 is 0 Å². The molecule has 0 saturated carbocycles. The molecule has 2 aromatic carbocycles. The monoisotopic (exact) mass is 614 g/mol. The topological polar surface area (TPSA) is 152 Å². The third kappa shape index (κ3) is 6.07. The third-order valence-corrected chi connectivity index (χ3v) is 8.24. The molecule has 2 fully saturated rings. The van der Waals surface area contributed by atoms with Gasteiger partial charge in [0.2, 0.25) is 17.7 Å². The zero-order valence-corrected chi connectivity index (χ0v) is 25.2. The van der Waals surface area contributed by atoms with Crippen LogP contribution in [0.3, 0.4) is 0 Å². The highest BCUT2D eigenvalue weighted by atomic mass is 35.5. The number of halogens is 1. The van der Waals surface area contributed by atoms with Gasteiger partial charge in [0.25, 0.3) is 11.8 Å². The number of nitrogens with one attached hydrogen (secondary N) is 4. The summed E-state index contributed by atoms with van der Waals surface area (Å²) in [4.78, 5) is 65.7. The van der Waals surface area contributed by atoms with Crippen LogP contribution in [-0.2, 0) is 14.4 Å². The summed E-state index contributed by atoms with van der Waals surface area (Å²) in [6, 6.07) is 9.27. The number of aryl methyl sites for hydroxylation is 1. The first-order valence-corrected chi connectivity index (χ1v) is 14.4. The molecule has 2 saturated heterocycles. The molecule has 4 N–H and O–H groups in total. The Morgan fingerprint density at radius 3 is 2.50 bits per heavy atom. The van der Waals surface area contributed by atoms with Gasteiger partial charge in [0, 0.05) is 48.3 Å². The summed E-state index contributed by atoms with van der Waals surface area (Å²) in [5.74, 6) is 3.70. The molecule has 0 radical (unpaired) electrons. The summed E-state index contributed by atoms with van der Waals surface area (Å²) >= 11 is 6.16. The Labute approximate surface area is 259 Å². The molecule has 0 bridgehead atoms. The molecule has 5 amide bonds. The number of rotatable bonds is 7. The first kappa shape index (κ1) is 30.5. The second kappa shape index (κ2) is 12.0. The minimum Gasteiger partial charge on any atom is -0.377 e. The lowest BCUT2D eigenvalue weighted by Crippen LogP contribution is -2.54. The maximum Gasteiger partial charge on any atom is 0.262 e. The van der Waals surface area contributed by atoms with Crippen LogP contribution < -0.4 is 20.9 Å². The Bertz CT molecular complexity index is 1700. The molecule has 0 spiro atoms. The standard InChI is InChI=1S/C32H31ClN6O5/c1-18-4-7-21(12-25(18)33)36-31(44)32(2,3)35-15-19(14-34)5-6-20-16-38(17-20)22-8-9-23-24(13-22)30(43)39(29(23)42)26-10-11-27(40)37-28(26)41/h4,7-9,12-15,20,26,34-35H,10-11,16-17H2,1-3H3,(H,36,44)(H,37,40,41)/b19-15-,34-14?. The molecule has 11 nitrogen and oxygen atoms in total. The van der Waals surface area contributed by atoms with Crippen molar-refractivity contribution >= 4 is 58.7 Å². The molecular weight excluding hydrogens is 584 g/mol. The Morgan fingerprint density at radius 2 is 1.82 bits per heavy atom. The number of carbonyl (C=O) groups excluding carboxylic acids is 5. The van der Waals surface area contributed by atoms with Crippen LogP contribution in [-0.4, -0.2) is 65.3 Å². The molecule has 0 aliphatic carbocycles. The van der Waals surface area contributed by atoms with E-state index in [4.69, 9.17) is 17.0 Å². The van der Waals surface area contributed by atoms with Gasteiger partial charge in [-0.1, -0.05) is 29.5 Å². The average Bonchev–Trinajstić information content (AvgIpc) is 3.20. The molecule has 0 aromatic heterocycles. The summed E-state index contributed by atoms with van der Waals surface area (Å²) in [5, 5.41) is 16.4. The predicted octanol–water partition coefficient (Wildman–Crippen LogP) is 3.03. The van der Waals surface area contributed by atoms with Crippen molar-refractivity contribution < 1.29 is 24.0 Å². The number of piperidine rings is 1. The summed E-state index contributed by atoms with van der Waals surface area (Å²) < 4.78 is 0. The largest absolute Gasteiger partial charge is 0.377 e. The molecule has 1 atom stereocenters. The van der Waals surface area contributed by atoms with Crippen molar-refractivity contribution in [2.45, 2.75) is 45.2 Å². The Morgan fingerprint density at radius 1 is 1.09 bits per heavy atom. The van der Waals surface area contributed by atoms with Crippen molar-refractivity contribution in [2.24, 2.45) is 5.92 Å². The Balaban J connectivity index is 1.18. The van der Waals surface area contributed by atoms with Gasteiger partial charge in [-0.25, -0.2) is 0 Å². The summed E-state index contributed by atoms with van der Waals surface area (Å²) in [7, 11) is 0. The number of amides is 5. The summed E-state index contributed by atoms with van der Waals surface area (Å²) in [5.41, 5.74) is 2.10. The van der Waals surface area contributed by atoms with Crippen molar-refractivity contribution in [3.8, 4) is 11.8 Å². The van der Waals surface area contributed by atoms with Gasteiger partial charge in [0.1, 0.15) is 11.6 Å². The van der Waals surface area contributed by atoms with Crippen LogP contribution >= 0.6 is 11.6 Å². The highest BCUT2D eigenvalue weighted by Crippen LogP contribution is 2.33. The third-order valence-electron chi connectivity index (χ3n) is 7.83. The smallest absolute Gasteiger partial charge is 0.262 e. The summed E-state index contributed by atoms with van der Waals surface area (Å²) in [6.45, 7) is 6.47. The van der Waals surface area contributed by atoms with Gasteiger partial charge < -0.3 is 20.9 Å². The lowest BCUT2D eigenvalue weighted by molar-refractivity contribution is -0.136. The van der Waals surface area contributed by atoms with Crippen molar-refractivity contribution in [3.05, 3.63) is 69.9 Å². The van der Waals surface area contributed by atoms with Gasteiger partial charge in [-0.05, 0) is 63.1 Å². The van der Waals surface area contributed by atoms with Crippen LogP contribution in [0, 0.1) is 30.1 Å². The van der Waals surface area contributed by atoms with E-state index in [0.717, 1.165) is 22.4 Å². The number of hydrogen-bond donors (Lipinski definition) is 4. The Hall–Kier alpha value is -4.95. The van der Waals surface area contributed by atoms with Crippen molar-refractivity contribution in [1.82, 2.24) is 15.5 Å². The van der Waals surface area contributed by atoms with Crippen LogP contribution in [0.25, 0.3) is 0 Å². The second-order valence-electron chi connectivity index (χ2n) is 11.5. The maximum absolute atomic E-state index is 13.1. The minimum atomic E-state index is -1.01. The normalized spacial score (nSPS) is 18.6. The van der Waals surface area contributed by atoms with Crippen molar-refractivity contribution in [1.29, 1.82) is 5.41 Å². The highest BCUT2D eigenvalue weighted by molar-refractivity contribution is 6.31. The van der Waals surface area contributed by atoms with Gasteiger partial charge in [-0.2, -0.15) is 0 Å². The van der Waals surface area contributed by atoms with E-state index < -0.39 is 35.2 Å². The van der Waals surface area contributed by atoms with E-state index in [9.17, 15) is 24.0 Å².